The smallest absolute Gasteiger partial charge is 0.171 e. The Morgan fingerprint density at radius 1 is 0.960 bits per heavy atom. The molecule has 1 aromatic rings. The minimum atomic E-state index is 0.525. The zero-order valence-electron chi connectivity index (χ0n) is 15.3. The highest BCUT2D eigenvalue weighted by Gasteiger charge is 2.42. The van der Waals surface area contributed by atoms with Crippen LogP contribution in [0.2, 0.25) is 0 Å². The minimum Gasteiger partial charge on any atom is -0.360 e. The number of fused-ring (bicyclic) bond motifs is 2. The number of thiocarbonyl (C=S) groups is 1. The molecule has 136 valence electrons. The summed E-state index contributed by atoms with van der Waals surface area (Å²) in [5, 5.41) is 7.81. The van der Waals surface area contributed by atoms with Crippen LogP contribution >= 0.6 is 12.2 Å². The van der Waals surface area contributed by atoms with Crippen molar-refractivity contribution in [3.63, 3.8) is 0 Å². The molecule has 1 aromatic carbocycles. The lowest BCUT2D eigenvalue weighted by Gasteiger charge is -2.52. The maximum Gasteiger partial charge on any atom is 0.171 e. The Morgan fingerprint density at radius 3 is 2.28 bits per heavy atom. The van der Waals surface area contributed by atoms with Crippen molar-refractivity contribution in [1.29, 1.82) is 0 Å². The van der Waals surface area contributed by atoms with Crippen LogP contribution in [0.3, 0.4) is 0 Å². The lowest BCUT2D eigenvalue weighted by Crippen LogP contribution is -2.59. The molecule has 1 aliphatic carbocycles. The van der Waals surface area contributed by atoms with E-state index in [4.69, 9.17) is 12.2 Å². The van der Waals surface area contributed by atoms with Gasteiger partial charge in [-0.05, 0) is 69.3 Å². The third kappa shape index (κ3) is 3.85. The van der Waals surface area contributed by atoms with Crippen molar-refractivity contribution in [3.05, 3.63) is 29.8 Å². The SMILES string of the molecule is Cc1ccccc1NC(=S)NC1CC2CCCC(C1)N2C1CCCC1. The molecular formula is C21H31N3S. The lowest BCUT2D eigenvalue weighted by molar-refractivity contribution is -0.00596. The Labute approximate surface area is 157 Å². The van der Waals surface area contributed by atoms with Gasteiger partial charge in [0.1, 0.15) is 0 Å². The first-order valence-electron chi connectivity index (χ1n) is 10.1. The maximum atomic E-state index is 5.61. The molecule has 1 saturated carbocycles. The van der Waals surface area contributed by atoms with Crippen LogP contribution in [-0.2, 0) is 0 Å². The van der Waals surface area contributed by atoms with E-state index in [1.165, 1.54) is 63.4 Å². The lowest BCUT2D eigenvalue weighted by atomic mass is 9.80. The van der Waals surface area contributed by atoms with Crippen LogP contribution in [0.25, 0.3) is 0 Å². The Kier molecular flexibility index (Phi) is 5.28. The van der Waals surface area contributed by atoms with Crippen molar-refractivity contribution in [3.8, 4) is 0 Å². The van der Waals surface area contributed by atoms with Gasteiger partial charge in [0.25, 0.3) is 0 Å². The predicted molar refractivity (Wildman–Crippen MR) is 109 cm³/mol. The Hall–Kier alpha value is -1.13. The molecule has 2 atom stereocenters. The standard InChI is InChI=1S/C21H31N3S/c1-15-7-2-5-12-20(15)23-21(25)22-16-13-18-10-6-11-19(14-16)24(18)17-8-3-4-9-17/h2,5,7,12,16-19H,3-4,6,8-11,13-14H2,1H3,(H2,22,23,25). The van der Waals surface area contributed by atoms with E-state index in [0.29, 0.717) is 6.04 Å². The molecule has 0 radical (unpaired) electrons. The van der Waals surface area contributed by atoms with Gasteiger partial charge >= 0.3 is 0 Å². The summed E-state index contributed by atoms with van der Waals surface area (Å²) in [6.07, 6.45) is 12.4. The normalized spacial score (nSPS) is 30.2. The highest BCUT2D eigenvalue weighted by Crippen LogP contribution is 2.39. The molecule has 2 bridgehead atoms. The van der Waals surface area contributed by atoms with Crippen LogP contribution in [0.15, 0.2) is 24.3 Å². The third-order valence-electron chi connectivity index (χ3n) is 6.51. The first-order chi connectivity index (χ1) is 12.2. The number of anilines is 1. The summed E-state index contributed by atoms with van der Waals surface area (Å²) in [6.45, 7) is 2.12. The Morgan fingerprint density at radius 2 is 1.60 bits per heavy atom. The molecule has 4 rings (SSSR count). The zero-order valence-corrected chi connectivity index (χ0v) is 16.2. The second kappa shape index (κ2) is 7.63. The molecule has 0 aromatic heterocycles. The summed E-state index contributed by atoms with van der Waals surface area (Å²) in [4.78, 5) is 2.92. The van der Waals surface area contributed by atoms with Crippen molar-refractivity contribution < 1.29 is 0 Å². The third-order valence-corrected chi connectivity index (χ3v) is 6.73. The van der Waals surface area contributed by atoms with Crippen LogP contribution in [0, 0.1) is 6.92 Å². The minimum absolute atomic E-state index is 0.525. The van der Waals surface area contributed by atoms with Crippen LogP contribution in [0.1, 0.15) is 63.4 Å². The van der Waals surface area contributed by atoms with Gasteiger partial charge in [0.05, 0.1) is 0 Å². The molecule has 2 unspecified atom stereocenters. The largest absolute Gasteiger partial charge is 0.360 e. The van der Waals surface area contributed by atoms with Crippen LogP contribution in [0.4, 0.5) is 5.69 Å². The molecule has 0 spiro atoms. The fourth-order valence-electron chi connectivity index (χ4n) is 5.39. The molecule has 3 aliphatic rings. The van der Waals surface area contributed by atoms with Gasteiger partial charge in [0, 0.05) is 29.9 Å². The molecule has 3 fully saturated rings. The molecule has 2 aliphatic heterocycles. The van der Waals surface area contributed by atoms with E-state index < -0.39 is 0 Å². The number of para-hydroxylation sites is 1. The van der Waals surface area contributed by atoms with Gasteiger partial charge in [0.15, 0.2) is 5.11 Å². The van der Waals surface area contributed by atoms with E-state index in [1.54, 1.807) is 0 Å². The van der Waals surface area contributed by atoms with Gasteiger partial charge in [-0.2, -0.15) is 0 Å². The van der Waals surface area contributed by atoms with Crippen molar-refractivity contribution >= 4 is 23.0 Å². The molecule has 2 N–H and O–H groups in total. The fraction of sp³-hybridized carbons (Fsp3) is 0.667. The summed E-state index contributed by atoms with van der Waals surface area (Å²) >= 11 is 5.61. The van der Waals surface area contributed by atoms with Crippen LogP contribution in [0.5, 0.6) is 0 Å². The Bertz CT molecular complexity index is 597. The highest BCUT2D eigenvalue weighted by molar-refractivity contribution is 7.80. The quantitative estimate of drug-likeness (QED) is 0.773. The molecule has 25 heavy (non-hydrogen) atoms. The first kappa shape index (κ1) is 17.3. The predicted octanol–water partition coefficient (Wildman–Crippen LogP) is 4.61. The summed E-state index contributed by atoms with van der Waals surface area (Å²) in [7, 11) is 0. The molecule has 4 heteroatoms. The molecular weight excluding hydrogens is 326 g/mol. The second-order valence-corrected chi connectivity index (χ2v) is 8.61. The number of nitrogens with one attached hydrogen (secondary N) is 2. The van der Waals surface area contributed by atoms with Crippen molar-refractivity contribution in [2.24, 2.45) is 0 Å². The summed E-state index contributed by atoms with van der Waals surface area (Å²) in [5.74, 6) is 0. The molecule has 3 nitrogen and oxygen atoms in total. The highest BCUT2D eigenvalue weighted by atomic mass is 32.1. The summed E-state index contributed by atoms with van der Waals surface area (Å²) in [5.41, 5.74) is 2.35. The number of benzene rings is 1. The summed E-state index contributed by atoms with van der Waals surface area (Å²) in [6, 6.07) is 11.3. The molecule has 2 saturated heterocycles. The molecule has 2 heterocycles. The number of nitrogens with zero attached hydrogens (tertiary/aromatic N) is 1. The van der Waals surface area contributed by atoms with E-state index in [9.17, 15) is 0 Å². The molecule has 0 amide bonds. The average Bonchev–Trinajstić information content (AvgIpc) is 3.10. The number of rotatable bonds is 3. The van der Waals surface area contributed by atoms with E-state index in [0.717, 1.165) is 28.9 Å². The van der Waals surface area contributed by atoms with Crippen molar-refractivity contribution in [2.75, 3.05) is 5.32 Å². The van der Waals surface area contributed by atoms with Gasteiger partial charge in [-0.3, -0.25) is 4.90 Å². The zero-order chi connectivity index (χ0) is 17.2. The Balaban J connectivity index is 1.36. The van der Waals surface area contributed by atoms with Gasteiger partial charge in [-0.25, -0.2) is 0 Å². The monoisotopic (exact) mass is 357 g/mol. The van der Waals surface area contributed by atoms with Gasteiger partial charge < -0.3 is 10.6 Å². The number of aryl methyl sites for hydroxylation is 1. The second-order valence-electron chi connectivity index (χ2n) is 8.21. The topological polar surface area (TPSA) is 27.3 Å². The van der Waals surface area contributed by atoms with E-state index in [-0.39, 0.29) is 0 Å². The number of piperidine rings is 2. The fourth-order valence-corrected chi connectivity index (χ4v) is 5.67. The van der Waals surface area contributed by atoms with Crippen molar-refractivity contribution in [2.45, 2.75) is 88.9 Å². The summed E-state index contributed by atoms with van der Waals surface area (Å²) < 4.78 is 0. The van der Waals surface area contributed by atoms with E-state index in [2.05, 4.69) is 46.7 Å². The first-order valence-corrected chi connectivity index (χ1v) is 10.5. The average molecular weight is 358 g/mol. The van der Waals surface area contributed by atoms with E-state index in [1.807, 2.05) is 0 Å². The number of hydrogen-bond acceptors (Lipinski definition) is 2. The van der Waals surface area contributed by atoms with Crippen molar-refractivity contribution in [1.82, 2.24) is 10.2 Å². The van der Waals surface area contributed by atoms with E-state index >= 15 is 0 Å². The number of hydrogen-bond donors (Lipinski definition) is 2. The van der Waals surface area contributed by atoms with Crippen LogP contribution in [-0.4, -0.2) is 34.2 Å². The van der Waals surface area contributed by atoms with Crippen LogP contribution < -0.4 is 10.6 Å². The van der Waals surface area contributed by atoms with Gasteiger partial charge in [0.2, 0.25) is 0 Å². The van der Waals surface area contributed by atoms with Gasteiger partial charge in [-0.15, -0.1) is 0 Å². The maximum absolute atomic E-state index is 5.61. The van der Waals surface area contributed by atoms with Gasteiger partial charge in [-0.1, -0.05) is 37.5 Å².